The summed E-state index contributed by atoms with van der Waals surface area (Å²) >= 11 is 1.84. The third-order valence-electron chi connectivity index (χ3n) is 5.74. The zero-order valence-corrected chi connectivity index (χ0v) is 19.9. The van der Waals surface area contributed by atoms with Crippen LogP contribution < -0.4 is 11.1 Å². The number of hydrogen-bond donors (Lipinski definition) is 2. The van der Waals surface area contributed by atoms with Crippen molar-refractivity contribution in [2.24, 2.45) is 0 Å². The molecule has 0 bridgehead atoms. The lowest BCUT2D eigenvalue weighted by molar-refractivity contribution is 0.199. The average Bonchev–Trinajstić information content (AvgIpc) is 3.58. The Morgan fingerprint density at radius 1 is 1.06 bits per heavy atom. The van der Waals surface area contributed by atoms with E-state index < -0.39 is 0 Å². The molecule has 180 valence electrons. The third-order valence-corrected chi connectivity index (χ3v) is 6.98. The number of rotatable bonds is 9. The first-order valence-corrected chi connectivity index (χ1v) is 12.4. The molecule has 35 heavy (non-hydrogen) atoms. The Labute approximate surface area is 207 Å². The molecule has 0 radical (unpaired) electrons. The number of nitrogen functional groups attached to an aromatic ring is 1. The lowest BCUT2D eigenvalue weighted by atomic mass is 10.1. The number of nitrogens with one attached hydrogen (secondary N) is 1. The summed E-state index contributed by atoms with van der Waals surface area (Å²) in [5.74, 6) is 0.730. The monoisotopic (exact) mass is 491 g/mol. The first-order valence-electron chi connectivity index (χ1n) is 11.5. The molecule has 3 heterocycles. The van der Waals surface area contributed by atoms with Crippen molar-refractivity contribution >= 4 is 17.6 Å². The van der Waals surface area contributed by atoms with Crippen LogP contribution in [0, 0.1) is 0 Å². The minimum atomic E-state index is -0.381. The van der Waals surface area contributed by atoms with Crippen molar-refractivity contribution in [3.63, 3.8) is 0 Å². The van der Waals surface area contributed by atoms with E-state index in [-0.39, 0.29) is 12.5 Å². The Balaban J connectivity index is 1.32. The molecular weight excluding hydrogens is 465 g/mol. The van der Waals surface area contributed by atoms with E-state index in [1.165, 1.54) is 4.90 Å². The van der Waals surface area contributed by atoms with Crippen LogP contribution in [0.5, 0.6) is 0 Å². The van der Waals surface area contributed by atoms with Crippen LogP contribution in [0.25, 0.3) is 34.0 Å². The topological polar surface area (TPSA) is 99.1 Å². The van der Waals surface area contributed by atoms with Crippen LogP contribution in [0.1, 0.15) is 12.0 Å². The van der Waals surface area contributed by atoms with Gasteiger partial charge in [0, 0.05) is 47.0 Å². The van der Waals surface area contributed by atoms with Gasteiger partial charge in [-0.15, -0.1) is 11.8 Å². The molecule has 7 nitrogen and oxygen atoms in total. The molecule has 0 spiro atoms. The number of aromatic nitrogens is 3. The molecule has 5 rings (SSSR count). The van der Waals surface area contributed by atoms with Crippen LogP contribution in [0.15, 0.2) is 70.2 Å². The van der Waals surface area contributed by atoms with Gasteiger partial charge in [0.2, 0.25) is 0 Å². The molecule has 0 amide bonds. The molecule has 4 aromatic rings. The van der Waals surface area contributed by atoms with Crippen LogP contribution in [-0.4, -0.2) is 46.8 Å². The van der Waals surface area contributed by atoms with Crippen molar-refractivity contribution < 1.29 is 13.7 Å². The fraction of sp³-hybridized carbons (Fsp3) is 0.269. The summed E-state index contributed by atoms with van der Waals surface area (Å²) in [5.41, 5.74) is 10.9. The van der Waals surface area contributed by atoms with E-state index in [0.717, 1.165) is 36.3 Å². The molecule has 1 atom stereocenters. The summed E-state index contributed by atoms with van der Waals surface area (Å²) in [7, 11) is 0. The minimum absolute atomic E-state index is 0.277. The first-order chi connectivity index (χ1) is 17.2. The molecular formula is C26H26FN5O2S. The fourth-order valence-electron chi connectivity index (χ4n) is 3.84. The Kier molecular flexibility index (Phi) is 7.37. The van der Waals surface area contributed by atoms with Gasteiger partial charge < -0.3 is 20.3 Å². The summed E-state index contributed by atoms with van der Waals surface area (Å²) in [6.45, 7) is 2.22. The summed E-state index contributed by atoms with van der Waals surface area (Å²) in [5, 5.41) is 7.74. The number of halogens is 1. The quantitative estimate of drug-likeness (QED) is 0.316. The number of nitrogens with zero attached hydrogens (tertiary/aromatic N) is 3. The summed E-state index contributed by atoms with van der Waals surface area (Å²) in [6, 6.07) is 17.9. The highest BCUT2D eigenvalue weighted by atomic mass is 32.2. The number of ether oxygens (including phenoxy) is 1. The van der Waals surface area contributed by atoms with E-state index in [2.05, 4.69) is 27.6 Å². The second-order valence-corrected chi connectivity index (χ2v) is 9.63. The third kappa shape index (κ3) is 5.70. The van der Waals surface area contributed by atoms with Crippen LogP contribution >= 0.6 is 11.8 Å². The van der Waals surface area contributed by atoms with Gasteiger partial charge in [-0.2, -0.15) is 0 Å². The molecule has 1 fully saturated rings. The van der Waals surface area contributed by atoms with E-state index in [4.69, 9.17) is 20.0 Å². The van der Waals surface area contributed by atoms with E-state index in [0.29, 0.717) is 41.2 Å². The van der Waals surface area contributed by atoms with Gasteiger partial charge in [0.1, 0.15) is 12.4 Å². The fourth-order valence-corrected chi connectivity index (χ4v) is 4.89. The average molecular weight is 492 g/mol. The lowest BCUT2D eigenvalue weighted by Gasteiger charge is -2.08. The first kappa shape index (κ1) is 23.5. The van der Waals surface area contributed by atoms with E-state index in [1.54, 1.807) is 6.20 Å². The van der Waals surface area contributed by atoms with Crippen molar-refractivity contribution in [1.82, 2.24) is 20.4 Å². The maximum Gasteiger partial charge on any atom is 0.189 e. The molecule has 0 aliphatic carbocycles. The van der Waals surface area contributed by atoms with Crippen molar-refractivity contribution in [2.75, 3.05) is 32.2 Å². The molecule has 1 aliphatic rings. The molecule has 1 aliphatic heterocycles. The van der Waals surface area contributed by atoms with E-state index in [9.17, 15) is 4.39 Å². The van der Waals surface area contributed by atoms with Gasteiger partial charge in [-0.05, 0) is 24.1 Å². The van der Waals surface area contributed by atoms with Crippen LogP contribution in [0.3, 0.4) is 0 Å². The van der Waals surface area contributed by atoms with Gasteiger partial charge in [-0.3, -0.25) is 0 Å². The van der Waals surface area contributed by atoms with E-state index in [1.807, 2.05) is 54.2 Å². The number of alkyl halides is 1. The zero-order chi connectivity index (χ0) is 24.0. The summed E-state index contributed by atoms with van der Waals surface area (Å²) in [4.78, 5) is 10.3. The second-order valence-electron chi connectivity index (χ2n) is 8.26. The van der Waals surface area contributed by atoms with Gasteiger partial charge in [-0.1, -0.05) is 41.6 Å². The van der Waals surface area contributed by atoms with Crippen molar-refractivity contribution in [2.45, 2.75) is 23.1 Å². The highest BCUT2D eigenvalue weighted by molar-refractivity contribution is 8.00. The normalized spacial score (nSPS) is 15.5. The maximum atomic E-state index is 12.3. The zero-order valence-electron chi connectivity index (χ0n) is 19.1. The number of benzene rings is 2. The van der Waals surface area contributed by atoms with Gasteiger partial charge in [-0.25, -0.2) is 14.4 Å². The number of anilines is 1. The molecule has 1 unspecified atom stereocenters. The van der Waals surface area contributed by atoms with Crippen LogP contribution in [0.2, 0.25) is 0 Å². The summed E-state index contributed by atoms with van der Waals surface area (Å²) < 4.78 is 23.3. The predicted octanol–water partition coefficient (Wildman–Crippen LogP) is 4.99. The molecule has 2 aromatic carbocycles. The smallest absolute Gasteiger partial charge is 0.189 e. The molecule has 2 aromatic heterocycles. The second kappa shape index (κ2) is 11.0. The minimum Gasteiger partial charge on any atom is -0.382 e. The Hall–Kier alpha value is -3.27. The molecule has 3 N–H and O–H groups in total. The number of thioether (sulfide) groups is 1. The maximum absolute atomic E-state index is 12.3. The Morgan fingerprint density at radius 2 is 1.83 bits per heavy atom. The standard InChI is InChI=1S/C26H26FN5O2S/c27-10-11-29-14-17-1-3-18(4-2-17)22-13-24(34-32-22)25-26(28)30-15-23(31-25)19-5-7-20(8-6-19)35-21-9-12-33-16-21/h1-8,13,15,21,29H,9-12,14,16H2,(H2,28,30). The van der Waals surface area contributed by atoms with Crippen LogP contribution in [-0.2, 0) is 11.3 Å². The van der Waals surface area contributed by atoms with Gasteiger partial charge in [0.15, 0.2) is 17.3 Å². The van der Waals surface area contributed by atoms with Gasteiger partial charge in [0.25, 0.3) is 0 Å². The molecule has 9 heteroatoms. The highest BCUT2D eigenvalue weighted by Crippen LogP contribution is 2.32. The van der Waals surface area contributed by atoms with Gasteiger partial charge in [0.05, 0.1) is 18.5 Å². The van der Waals surface area contributed by atoms with Crippen LogP contribution in [0.4, 0.5) is 10.2 Å². The predicted molar refractivity (Wildman–Crippen MR) is 136 cm³/mol. The lowest BCUT2D eigenvalue weighted by Crippen LogP contribution is -2.15. The van der Waals surface area contributed by atoms with Gasteiger partial charge >= 0.3 is 0 Å². The highest BCUT2D eigenvalue weighted by Gasteiger charge is 2.18. The number of hydrogen-bond acceptors (Lipinski definition) is 8. The van der Waals surface area contributed by atoms with E-state index >= 15 is 0 Å². The number of nitrogens with two attached hydrogens (primary N) is 1. The molecule has 1 saturated heterocycles. The van der Waals surface area contributed by atoms with Crippen molar-refractivity contribution in [3.05, 3.63) is 66.4 Å². The Morgan fingerprint density at radius 3 is 2.57 bits per heavy atom. The van der Waals surface area contributed by atoms with Crippen molar-refractivity contribution in [1.29, 1.82) is 0 Å². The Bertz CT molecular complexity index is 1260. The largest absolute Gasteiger partial charge is 0.382 e. The molecule has 0 saturated carbocycles. The SMILES string of the molecule is Nc1ncc(-c2ccc(SC3CCOC3)cc2)nc1-c1cc(-c2ccc(CNCCF)cc2)no1. The summed E-state index contributed by atoms with van der Waals surface area (Å²) in [6.07, 6.45) is 2.75. The van der Waals surface area contributed by atoms with Crippen molar-refractivity contribution in [3.8, 4) is 34.0 Å².